The molecule has 5 rings (SSSR count). The Morgan fingerprint density at radius 2 is 1.91 bits per heavy atom. The molecule has 0 radical (unpaired) electrons. The molecule has 5 aromatic rings. The summed E-state index contributed by atoms with van der Waals surface area (Å²) in [6.07, 6.45) is 3.97. The van der Waals surface area contributed by atoms with E-state index in [9.17, 15) is 9.59 Å². The highest BCUT2D eigenvalue weighted by Gasteiger charge is 2.14. The van der Waals surface area contributed by atoms with Crippen LogP contribution in [0.4, 0.5) is 0 Å². The number of aromatic amines is 1. The molecule has 0 amide bonds. The molecule has 0 aliphatic carbocycles. The molecule has 3 aromatic heterocycles. The SMILES string of the molecule is COc1ccc(-c2cccc(Cn3ncc4nc(-n5cc(C(=O)O)cn5)[nH]c(=O)c43)c2)cc1. The Hall–Kier alpha value is -4.73. The fourth-order valence-electron chi connectivity index (χ4n) is 3.58. The monoisotopic (exact) mass is 442 g/mol. The number of rotatable bonds is 6. The number of ether oxygens (including phenoxy) is 1. The first kappa shape index (κ1) is 20.2. The van der Waals surface area contributed by atoms with Crippen LogP contribution >= 0.6 is 0 Å². The van der Waals surface area contributed by atoms with Gasteiger partial charge in [-0.15, -0.1) is 0 Å². The summed E-state index contributed by atoms with van der Waals surface area (Å²) in [5.74, 6) is -0.214. The Balaban J connectivity index is 1.46. The van der Waals surface area contributed by atoms with E-state index in [1.165, 1.54) is 23.3 Å². The molecule has 0 unspecified atom stereocenters. The molecule has 33 heavy (non-hydrogen) atoms. The number of carboxylic acid groups (broad SMARTS) is 1. The predicted octanol–water partition coefficient (Wildman–Crippen LogP) is 2.73. The minimum atomic E-state index is -1.12. The summed E-state index contributed by atoms with van der Waals surface area (Å²) < 4.78 is 8.01. The second-order valence-electron chi connectivity index (χ2n) is 7.33. The number of nitrogens with zero attached hydrogens (tertiary/aromatic N) is 5. The van der Waals surface area contributed by atoms with Crippen LogP contribution in [-0.2, 0) is 6.54 Å². The average Bonchev–Trinajstić information content (AvgIpc) is 3.47. The van der Waals surface area contributed by atoms with E-state index in [0.29, 0.717) is 17.6 Å². The lowest BCUT2D eigenvalue weighted by Gasteiger charge is -2.08. The van der Waals surface area contributed by atoms with E-state index >= 15 is 0 Å². The zero-order valence-electron chi connectivity index (χ0n) is 17.5. The highest BCUT2D eigenvalue weighted by Crippen LogP contribution is 2.24. The Kier molecular flexibility index (Phi) is 4.94. The molecule has 0 spiro atoms. The minimum Gasteiger partial charge on any atom is -0.497 e. The highest BCUT2D eigenvalue weighted by molar-refractivity contribution is 5.87. The lowest BCUT2D eigenvalue weighted by atomic mass is 10.0. The van der Waals surface area contributed by atoms with Crippen molar-refractivity contribution in [1.82, 2.24) is 29.5 Å². The van der Waals surface area contributed by atoms with Gasteiger partial charge >= 0.3 is 5.97 Å². The van der Waals surface area contributed by atoms with Crippen LogP contribution in [0.5, 0.6) is 5.75 Å². The number of carbonyl (C=O) groups is 1. The average molecular weight is 442 g/mol. The third kappa shape index (κ3) is 3.85. The van der Waals surface area contributed by atoms with Gasteiger partial charge in [0, 0.05) is 6.20 Å². The van der Waals surface area contributed by atoms with E-state index in [0.717, 1.165) is 22.4 Å². The first-order chi connectivity index (χ1) is 16.0. The first-order valence-electron chi connectivity index (χ1n) is 9.99. The molecule has 0 atom stereocenters. The van der Waals surface area contributed by atoms with Crippen molar-refractivity contribution in [3.63, 3.8) is 0 Å². The van der Waals surface area contributed by atoms with Gasteiger partial charge in [-0.1, -0.05) is 30.3 Å². The number of aromatic nitrogens is 6. The van der Waals surface area contributed by atoms with Gasteiger partial charge in [-0.2, -0.15) is 10.2 Å². The number of benzene rings is 2. The molecular weight excluding hydrogens is 424 g/mol. The number of fused-ring (bicyclic) bond motifs is 1. The molecule has 0 aliphatic rings. The van der Waals surface area contributed by atoms with Gasteiger partial charge in [0.1, 0.15) is 11.3 Å². The smallest absolute Gasteiger partial charge is 0.338 e. The van der Waals surface area contributed by atoms with Gasteiger partial charge in [0.05, 0.1) is 31.6 Å². The van der Waals surface area contributed by atoms with E-state index < -0.39 is 11.5 Å². The summed E-state index contributed by atoms with van der Waals surface area (Å²) in [4.78, 5) is 30.9. The quantitative estimate of drug-likeness (QED) is 0.414. The molecular formula is C23H18N6O4. The second kappa shape index (κ2) is 8.08. The number of nitrogens with one attached hydrogen (secondary N) is 1. The van der Waals surface area contributed by atoms with E-state index in [1.54, 1.807) is 11.8 Å². The number of hydrogen-bond donors (Lipinski definition) is 2. The van der Waals surface area contributed by atoms with Gasteiger partial charge in [-0.3, -0.25) is 14.5 Å². The Morgan fingerprint density at radius 3 is 2.64 bits per heavy atom. The molecule has 0 bridgehead atoms. The summed E-state index contributed by atoms with van der Waals surface area (Å²) in [5, 5.41) is 17.4. The maximum Gasteiger partial charge on any atom is 0.338 e. The third-order valence-electron chi connectivity index (χ3n) is 5.22. The van der Waals surface area contributed by atoms with Crippen LogP contribution < -0.4 is 10.3 Å². The van der Waals surface area contributed by atoms with Crippen LogP contribution in [0.2, 0.25) is 0 Å². The molecule has 2 aromatic carbocycles. The van der Waals surface area contributed by atoms with Crippen molar-refractivity contribution in [2.75, 3.05) is 7.11 Å². The number of aromatic carboxylic acids is 1. The predicted molar refractivity (Wildman–Crippen MR) is 120 cm³/mol. The van der Waals surface area contributed by atoms with Gasteiger partial charge in [0.2, 0.25) is 5.95 Å². The molecule has 0 saturated carbocycles. The van der Waals surface area contributed by atoms with Gasteiger partial charge in [-0.05, 0) is 34.9 Å². The molecule has 3 heterocycles. The largest absolute Gasteiger partial charge is 0.497 e. The van der Waals surface area contributed by atoms with Gasteiger partial charge in [-0.25, -0.2) is 14.5 Å². The second-order valence-corrected chi connectivity index (χ2v) is 7.33. The summed E-state index contributed by atoms with van der Waals surface area (Å²) in [5.41, 5.74) is 3.35. The third-order valence-corrected chi connectivity index (χ3v) is 5.22. The fourth-order valence-corrected chi connectivity index (χ4v) is 3.58. The molecule has 10 nitrogen and oxygen atoms in total. The fraction of sp³-hybridized carbons (Fsp3) is 0.0870. The van der Waals surface area contributed by atoms with Crippen molar-refractivity contribution < 1.29 is 14.6 Å². The zero-order chi connectivity index (χ0) is 22.9. The van der Waals surface area contributed by atoms with Crippen LogP contribution in [0.15, 0.2) is 71.9 Å². The normalized spacial score (nSPS) is 11.1. The van der Waals surface area contributed by atoms with Crippen LogP contribution in [0.1, 0.15) is 15.9 Å². The number of carboxylic acids is 1. The molecule has 164 valence electrons. The van der Waals surface area contributed by atoms with Crippen LogP contribution in [0.3, 0.4) is 0 Å². The molecule has 0 aliphatic heterocycles. The van der Waals surface area contributed by atoms with Crippen LogP contribution in [0, 0.1) is 0 Å². The lowest BCUT2D eigenvalue weighted by Crippen LogP contribution is -2.17. The van der Waals surface area contributed by atoms with E-state index in [2.05, 4.69) is 20.2 Å². The Bertz CT molecular complexity index is 1530. The number of H-pyrrole nitrogens is 1. The maximum absolute atomic E-state index is 12.8. The summed E-state index contributed by atoms with van der Waals surface area (Å²) in [6.45, 7) is 0.378. The van der Waals surface area contributed by atoms with E-state index in [-0.39, 0.29) is 11.5 Å². The van der Waals surface area contributed by atoms with Gasteiger partial charge in [0.15, 0.2) is 5.52 Å². The minimum absolute atomic E-state index is 0.00909. The van der Waals surface area contributed by atoms with Crippen molar-refractivity contribution in [2.45, 2.75) is 6.54 Å². The van der Waals surface area contributed by atoms with Crippen molar-refractivity contribution in [3.8, 4) is 22.8 Å². The molecule has 10 heteroatoms. The molecule has 0 fully saturated rings. The zero-order valence-corrected chi connectivity index (χ0v) is 17.5. The highest BCUT2D eigenvalue weighted by atomic mass is 16.5. The first-order valence-corrected chi connectivity index (χ1v) is 9.99. The van der Waals surface area contributed by atoms with Crippen molar-refractivity contribution in [3.05, 3.63) is 88.6 Å². The maximum atomic E-state index is 12.8. The number of methoxy groups -OCH3 is 1. The van der Waals surface area contributed by atoms with Crippen molar-refractivity contribution in [2.24, 2.45) is 0 Å². The summed E-state index contributed by atoms with van der Waals surface area (Å²) >= 11 is 0. The Labute approximate surface area is 186 Å². The summed E-state index contributed by atoms with van der Waals surface area (Å²) in [6, 6.07) is 15.8. The van der Waals surface area contributed by atoms with Crippen molar-refractivity contribution >= 4 is 17.0 Å². The standard InChI is InChI=1S/C23H18N6O4/c1-33-18-7-5-15(6-8-18)16-4-2-3-14(9-16)12-28-20-19(11-25-28)26-23(27-21(20)30)29-13-17(10-24-29)22(31)32/h2-11,13H,12H2,1H3,(H,31,32)(H,26,27,30). The van der Waals surface area contributed by atoms with Crippen molar-refractivity contribution in [1.29, 1.82) is 0 Å². The van der Waals surface area contributed by atoms with E-state index in [4.69, 9.17) is 9.84 Å². The summed E-state index contributed by atoms with van der Waals surface area (Å²) in [7, 11) is 1.63. The van der Waals surface area contributed by atoms with Gasteiger partial charge in [0.25, 0.3) is 5.56 Å². The van der Waals surface area contributed by atoms with Gasteiger partial charge < -0.3 is 9.84 Å². The Morgan fingerprint density at radius 1 is 1.09 bits per heavy atom. The topological polar surface area (TPSA) is 128 Å². The lowest BCUT2D eigenvalue weighted by molar-refractivity contribution is 0.0697. The van der Waals surface area contributed by atoms with Crippen LogP contribution in [-0.4, -0.2) is 47.7 Å². The van der Waals surface area contributed by atoms with E-state index in [1.807, 2.05) is 48.5 Å². The number of hydrogen-bond acceptors (Lipinski definition) is 6. The van der Waals surface area contributed by atoms with Crippen LogP contribution in [0.25, 0.3) is 28.1 Å². The molecule has 2 N–H and O–H groups in total. The molecule has 0 saturated heterocycles.